The molecule has 0 saturated carbocycles. The van der Waals surface area contributed by atoms with Gasteiger partial charge < -0.3 is 9.47 Å². The summed E-state index contributed by atoms with van der Waals surface area (Å²) in [6.07, 6.45) is 1.53. The van der Waals surface area contributed by atoms with Crippen molar-refractivity contribution in [3.05, 3.63) is 47.8 Å². The largest absolute Gasteiger partial charge is 0.462 e. The van der Waals surface area contributed by atoms with Crippen LogP contribution in [0.25, 0.3) is 5.69 Å². The zero-order valence-corrected chi connectivity index (χ0v) is 13.5. The Hall–Kier alpha value is -2.14. The Balaban J connectivity index is 2.39. The maximum Gasteiger partial charge on any atom is 0.341 e. The monoisotopic (exact) mass is 302 g/mol. The first-order valence-corrected chi connectivity index (χ1v) is 7.36. The van der Waals surface area contributed by atoms with Gasteiger partial charge in [0.25, 0.3) is 0 Å². The Bertz CT molecular complexity index is 627. The molecule has 1 aromatic heterocycles. The van der Waals surface area contributed by atoms with Crippen LogP contribution in [-0.4, -0.2) is 28.0 Å². The highest BCUT2D eigenvalue weighted by Gasteiger charge is 2.21. The summed E-state index contributed by atoms with van der Waals surface area (Å²) in [4.78, 5) is 12.1. The van der Waals surface area contributed by atoms with Gasteiger partial charge in [-0.25, -0.2) is 9.48 Å². The number of rotatable bonds is 5. The number of hydrogen-bond acceptors (Lipinski definition) is 4. The van der Waals surface area contributed by atoms with E-state index >= 15 is 0 Å². The van der Waals surface area contributed by atoms with E-state index in [0.29, 0.717) is 17.9 Å². The predicted molar refractivity (Wildman–Crippen MR) is 84.1 cm³/mol. The highest BCUT2D eigenvalue weighted by atomic mass is 16.5. The lowest BCUT2D eigenvalue weighted by atomic mass is 10.2. The molecular weight excluding hydrogens is 280 g/mol. The lowest BCUT2D eigenvalue weighted by Crippen LogP contribution is -2.21. The summed E-state index contributed by atoms with van der Waals surface area (Å²) in [6, 6.07) is 9.65. The minimum atomic E-state index is -0.378. The maximum atomic E-state index is 12.1. The van der Waals surface area contributed by atoms with Gasteiger partial charge in [-0.2, -0.15) is 5.10 Å². The standard InChI is InChI=1S/C17H22N2O3/c1-5-21-16(20)14-11-18-19(13-9-7-6-8-10-13)15(14)12-22-17(2,3)4/h6-11H,5,12H2,1-4H3. The molecule has 0 fully saturated rings. The van der Waals surface area contributed by atoms with Crippen LogP contribution in [0.1, 0.15) is 43.7 Å². The molecular formula is C17H22N2O3. The molecule has 5 nitrogen and oxygen atoms in total. The van der Waals surface area contributed by atoms with E-state index in [1.807, 2.05) is 51.1 Å². The quantitative estimate of drug-likeness (QED) is 0.795. The number of aromatic nitrogens is 2. The Labute approximate surface area is 130 Å². The molecule has 0 radical (unpaired) electrons. The predicted octanol–water partition coefficient (Wildman–Crippen LogP) is 3.36. The van der Waals surface area contributed by atoms with E-state index < -0.39 is 0 Å². The second kappa shape index (κ2) is 6.75. The van der Waals surface area contributed by atoms with Crippen molar-refractivity contribution in [2.45, 2.75) is 39.9 Å². The van der Waals surface area contributed by atoms with Gasteiger partial charge in [0.2, 0.25) is 0 Å². The van der Waals surface area contributed by atoms with Crippen LogP contribution >= 0.6 is 0 Å². The molecule has 2 aromatic rings. The molecule has 0 unspecified atom stereocenters. The molecule has 1 heterocycles. The molecule has 5 heteroatoms. The van der Waals surface area contributed by atoms with Gasteiger partial charge in [-0.1, -0.05) is 18.2 Å². The summed E-state index contributed by atoms with van der Waals surface area (Å²) in [7, 11) is 0. The number of nitrogens with zero attached hydrogens (tertiary/aromatic N) is 2. The molecule has 0 spiro atoms. The third kappa shape index (κ3) is 3.95. The van der Waals surface area contributed by atoms with Gasteiger partial charge in [0.05, 0.1) is 36.4 Å². The molecule has 0 N–H and O–H groups in total. The minimum Gasteiger partial charge on any atom is -0.462 e. The molecule has 0 amide bonds. The fraction of sp³-hybridized carbons (Fsp3) is 0.412. The van der Waals surface area contributed by atoms with Crippen LogP contribution < -0.4 is 0 Å². The van der Waals surface area contributed by atoms with E-state index in [-0.39, 0.29) is 18.2 Å². The fourth-order valence-corrected chi connectivity index (χ4v) is 1.97. The molecule has 2 rings (SSSR count). The van der Waals surface area contributed by atoms with Crippen molar-refractivity contribution in [3.63, 3.8) is 0 Å². The molecule has 22 heavy (non-hydrogen) atoms. The molecule has 0 aliphatic carbocycles. The van der Waals surface area contributed by atoms with Crippen LogP contribution in [0, 0.1) is 0 Å². The topological polar surface area (TPSA) is 53.3 Å². The van der Waals surface area contributed by atoms with Crippen molar-refractivity contribution in [2.24, 2.45) is 0 Å². The number of para-hydroxylation sites is 1. The number of benzene rings is 1. The van der Waals surface area contributed by atoms with Crippen LogP contribution in [0.4, 0.5) is 0 Å². The van der Waals surface area contributed by atoms with Gasteiger partial charge in [0.15, 0.2) is 0 Å². The molecule has 118 valence electrons. The fourth-order valence-electron chi connectivity index (χ4n) is 1.97. The van der Waals surface area contributed by atoms with E-state index in [2.05, 4.69) is 5.10 Å². The third-order valence-electron chi connectivity index (χ3n) is 3.01. The first-order chi connectivity index (χ1) is 10.4. The Morgan fingerprint density at radius 2 is 1.91 bits per heavy atom. The summed E-state index contributed by atoms with van der Waals surface area (Å²) in [6.45, 7) is 8.31. The highest BCUT2D eigenvalue weighted by Crippen LogP contribution is 2.19. The van der Waals surface area contributed by atoms with Crippen molar-refractivity contribution in [2.75, 3.05) is 6.61 Å². The van der Waals surface area contributed by atoms with Gasteiger partial charge >= 0.3 is 5.97 Å². The van der Waals surface area contributed by atoms with E-state index in [1.165, 1.54) is 6.20 Å². The zero-order valence-electron chi connectivity index (χ0n) is 13.5. The second-order valence-corrected chi connectivity index (χ2v) is 5.87. The SMILES string of the molecule is CCOC(=O)c1cnn(-c2ccccc2)c1COC(C)(C)C. The number of carbonyl (C=O) groups is 1. The summed E-state index contributed by atoms with van der Waals surface area (Å²) in [5.74, 6) is -0.378. The summed E-state index contributed by atoms with van der Waals surface area (Å²) in [5, 5.41) is 4.33. The molecule has 0 bridgehead atoms. The second-order valence-electron chi connectivity index (χ2n) is 5.87. The molecule has 0 saturated heterocycles. The van der Waals surface area contributed by atoms with Crippen LogP contribution in [0.5, 0.6) is 0 Å². The molecule has 0 aliphatic rings. The van der Waals surface area contributed by atoms with Crippen molar-refractivity contribution in [3.8, 4) is 5.69 Å². The Kier molecular flexibility index (Phi) is 4.98. The van der Waals surface area contributed by atoms with Gasteiger partial charge in [0.1, 0.15) is 5.56 Å². The maximum absolute atomic E-state index is 12.1. The molecule has 1 aromatic carbocycles. The minimum absolute atomic E-state index is 0.284. The average molecular weight is 302 g/mol. The van der Waals surface area contributed by atoms with E-state index in [0.717, 1.165) is 5.69 Å². The van der Waals surface area contributed by atoms with Gasteiger partial charge in [-0.3, -0.25) is 0 Å². The molecule has 0 aliphatic heterocycles. The van der Waals surface area contributed by atoms with Gasteiger partial charge in [-0.05, 0) is 39.8 Å². The normalized spacial score (nSPS) is 11.5. The Morgan fingerprint density at radius 1 is 1.23 bits per heavy atom. The highest BCUT2D eigenvalue weighted by molar-refractivity contribution is 5.90. The summed E-state index contributed by atoms with van der Waals surface area (Å²) >= 11 is 0. The van der Waals surface area contributed by atoms with Crippen LogP contribution in [0.15, 0.2) is 36.5 Å². The zero-order chi connectivity index (χ0) is 16.2. The lowest BCUT2D eigenvalue weighted by molar-refractivity contribution is -0.0178. The number of hydrogen-bond donors (Lipinski definition) is 0. The van der Waals surface area contributed by atoms with E-state index in [4.69, 9.17) is 9.47 Å². The number of ether oxygens (including phenoxy) is 2. The summed E-state index contributed by atoms with van der Waals surface area (Å²) < 4.78 is 12.7. The van der Waals surface area contributed by atoms with E-state index in [9.17, 15) is 4.79 Å². The van der Waals surface area contributed by atoms with Gasteiger partial charge in [-0.15, -0.1) is 0 Å². The van der Waals surface area contributed by atoms with Crippen molar-refractivity contribution in [1.29, 1.82) is 0 Å². The number of carbonyl (C=O) groups excluding carboxylic acids is 1. The average Bonchev–Trinajstić information content (AvgIpc) is 2.89. The first-order valence-electron chi connectivity index (χ1n) is 7.36. The van der Waals surface area contributed by atoms with Crippen LogP contribution in [0.3, 0.4) is 0 Å². The van der Waals surface area contributed by atoms with Gasteiger partial charge in [0, 0.05) is 0 Å². The van der Waals surface area contributed by atoms with Crippen LogP contribution in [-0.2, 0) is 16.1 Å². The molecule has 0 atom stereocenters. The van der Waals surface area contributed by atoms with Crippen LogP contribution in [0.2, 0.25) is 0 Å². The first kappa shape index (κ1) is 16.2. The third-order valence-corrected chi connectivity index (χ3v) is 3.01. The van der Waals surface area contributed by atoms with E-state index in [1.54, 1.807) is 11.6 Å². The van der Waals surface area contributed by atoms with Crippen molar-refractivity contribution >= 4 is 5.97 Å². The summed E-state index contributed by atoms with van der Waals surface area (Å²) in [5.41, 5.74) is 1.71. The smallest absolute Gasteiger partial charge is 0.341 e. The lowest BCUT2D eigenvalue weighted by Gasteiger charge is -2.20. The van der Waals surface area contributed by atoms with Crippen molar-refractivity contribution < 1.29 is 14.3 Å². The number of esters is 1. The Morgan fingerprint density at radius 3 is 2.50 bits per heavy atom. The van der Waals surface area contributed by atoms with Crippen molar-refractivity contribution in [1.82, 2.24) is 9.78 Å².